The lowest BCUT2D eigenvalue weighted by Crippen LogP contribution is -2.62. The molecule has 2 fully saturated rings. The SMILES string of the molecule is COC[C@]12C/C(=C/F)CN1CCN(CC(C)(C)O)C2. The molecular weight excluding hydrogens is 247 g/mol. The Morgan fingerprint density at radius 3 is 2.79 bits per heavy atom. The molecular formula is C14H25FN2O2. The number of hydrogen-bond donors (Lipinski definition) is 1. The standard InChI is InChI=1S/C14H25FN2O2/c1-13(2,18)9-16-4-5-17-8-12(7-15)6-14(17,10-16)11-19-3/h7,18H,4-6,8-11H2,1-3H3/b12-7-/t14-/m1/s1. The minimum Gasteiger partial charge on any atom is -0.389 e. The van der Waals surface area contributed by atoms with E-state index in [9.17, 15) is 9.50 Å². The normalized spacial score (nSPS) is 31.9. The van der Waals surface area contributed by atoms with Gasteiger partial charge in [0.25, 0.3) is 0 Å². The predicted molar refractivity (Wildman–Crippen MR) is 72.7 cm³/mol. The highest BCUT2D eigenvalue weighted by molar-refractivity contribution is 5.19. The molecule has 0 aromatic rings. The molecule has 0 aliphatic carbocycles. The highest BCUT2D eigenvalue weighted by atomic mass is 19.1. The van der Waals surface area contributed by atoms with Crippen molar-refractivity contribution < 1.29 is 14.2 Å². The van der Waals surface area contributed by atoms with Gasteiger partial charge in [0.05, 0.1) is 24.1 Å². The van der Waals surface area contributed by atoms with Crippen molar-refractivity contribution in [1.82, 2.24) is 9.80 Å². The van der Waals surface area contributed by atoms with Gasteiger partial charge in [-0.25, -0.2) is 4.39 Å². The number of methoxy groups -OCH3 is 1. The summed E-state index contributed by atoms with van der Waals surface area (Å²) in [6, 6.07) is 0. The van der Waals surface area contributed by atoms with Crippen LogP contribution in [0.2, 0.25) is 0 Å². The van der Waals surface area contributed by atoms with Crippen molar-refractivity contribution in [1.29, 1.82) is 0 Å². The van der Waals surface area contributed by atoms with E-state index in [1.54, 1.807) is 7.11 Å². The number of β-amino-alcohol motifs (C(OH)–C–C–N with tert-alkyl or cyclic N) is 1. The Bertz CT molecular complexity index is 354. The molecule has 4 nitrogen and oxygen atoms in total. The Balaban J connectivity index is 2.11. The molecule has 0 spiro atoms. The van der Waals surface area contributed by atoms with Crippen molar-refractivity contribution in [3.8, 4) is 0 Å². The van der Waals surface area contributed by atoms with Crippen LogP contribution in [0, 0.1) is 0 Å². The number of fused-ring (bicyclic) bond motifs is 1. The van der Waals surface area contributed by atoms with Crippen LogP contribution in [0.15, 0.2) is 11.9 Å². The van der Waals surface area contributed by atoms with E-state index in [0.29, 0.717) is 19.7 Å². The highest BCUT2D eigenvalue weighted by Crippen LogP contribution is 2.36. The maximum Gasteiger partial charge on any atom is 0.0872 e. The Morgan fingerprint density at radius 1 is 1.47 bits per heavy atom. The first-order valence-electron chi connectivity index (χ1n) is 6.85. The third kappa shape index (κ3) is 3.34. The maximum atomic E-state index is 12.8. The van der Waals surface area contributed by atoms with Crippen molar-refractivity contribution >= 4 is 0 Å². The van der Waals surface area contributed by atoms with Gasteiger partial charge in [-0.3, -0.25) is 9.80 Å². The predicted octanol–water partition coefficient (Wildman–Crippen LogP) is 1.02. The second-order valence-corrected chi connectivity index (χ2v) is 6.55. The summed E-state index contributed by atoms with van der Waals surface area (Å²) in [6.45, 7) is 8.23. The minimum atomic E-state index is -0.701. The van der Waals surface area contributed by atoms with Crippen LogP contribution in [0.25, 0.3) is 0 Å². The summed E-state index contributed by atoms with van der Waals surface area (Å²) in [7, 11) is 1.69. The van der Waals surface area contributed by atoms with E-state index in [2.05, 4.69) is 9.80 Å². The van der Waals surface area contributed by atoms with Crippen LogP contribution >= 0.6 is 0 Å². The largest absolute Gasteiger partial charge is 0.389 e. The van der Waals surface area contributed by atoms with E-state index < -0.39 is 5.60 Å². The quantitative estimate of drug-likeness (QED) is 0.829. The summed E-state index contributed by atoms with van der Waals surface area (Å²) >= 11 is 0. The topological polar surface area (TPSA) is 35.9 Å². The minimum absolute atomic E-state index is 0.129. The van der Waals surface area contributed by atoms with Crippen molar-refractivity contribution in [2.24, 2.45) is 0 Å². The van der Waals surface area contributed by atoms with Crippen LogP contribution in [-0.2, 0) is 4.74 Å². The number of hydrogen-bond acceptors (Lipinski definition) is 4. The van der Waals surface area contributed by atoms with Gasteiger partial charge in [0.1, 0.15) is 0 Å². The summed E-state index contributed by atoms with van der Waals surface area (Å²) in [5.74, 6) is 0. The van der Waals surface area contributed by atoms with Crippen LogP contribution in [-0.4, -0.2) is 72.5 Å². The third-order valence-corrected chi connectivity index (χ3v) is 4.00. The molecule has 19 heavy (non-hydrogen) atoms. The highest BCUT2D eigenvalue weighted by Gasteiger charge is 2.47. The Hall–Kier alpha value is -0.490. The van der Waals surface area contributed by atoms with Crippen molar-refractivity contribution in [3.63, 3.8) is 0 Å². The molecule has 110 valence electrons. The Kier molecular flexibility index (Phi) is 4.30. The first kappa shape index (κ1) is 14.9. The average molecular weight is 272 g/mol. The molecule has 0 radical (unpaired) electrons. The molecule has 0 aromatic carbocycles. The monoisotopic (exact) mass is 272 g/mol. The van der Waals surface area contributed by atoms with Crippen LogP contribution in [0.3, 0.4) is 0 Å². The smallest absolute Gasteiger partial charge is 0.0872 e. The second kappa shape index (κ2) is 5.48. The van der Waals surface area contributed by atoms with Gasteiger partial charge in [-0.2, -0.15) is 0 Å². The van der Waals surface area contributed by atoms with Crippen molar-refractivity contribution in [2.45, 2.75) is 31.4 Å². The molecule has 0 amide bonds. The van der Waals surface area contributed by atoms with Gasteiger partial charge in [0, 0.05) is 39.8 Å². The van der Waals surface area contributed by atoms with Crippen molar-refractivity contribution in [3.05, 3.63) is 11.9 Å². The number of aliphatic hydroxyl groups is 1. The Morgan fingerprint density at radius 2 is 2.21 bits per heavy atom. The number of piperazine rings is 1. The van der Waals surface area contributed by atoms with E-state index in [-0.39, 0.29) is 5.54 Å². The number of rotatable bonds is 4. The molecule has 0 bridgehead atoms. The molecule has 2 rings (SSSR count). The van der Waals surface area contributed by atoms with Gasteiger partial charge >= 0.3 is 0 Å². The fourth-order valence-electron chi connectivity index (χ4n) is 3.44. The van der Waals surface area contributed by atoms with E-state index in [1.807, 2.05) is 13.8 Å². The first-order chi connectivity index (χ1) is 8.88. The third-order valence-electron chi connectivity index (χ3n) is 4.00. The number of nitrogens with zero attached hydrogens (tertiary/aromatic N) is 2. The molecule has 0 unspecified atom stereocenters. The number of ether oxygens (including phenoxy) is 1. The molecule has 2 heterocycles. The molecule has 0 saturated carbocycles. The lowest BCUT2D eigenvalue weighted by Gasteiger charge is -2.47. The van der Waals surface area contributed by atoms with Crippen LogP contribution in [0.4, 0.5) is 4.39 Å². The zero-order valence-corrected chi connectivity index (χ0v) is 12.2. The second-order valence-electron chi connectivity index (χ2n) is 6.55. The van der Waals surface area contributed by atoms with Crippen LogP contribution < -0.4 is 0 Å². The summed E-state index contributed by atoms with van der Waals surface area (Å²) in [5, 5.41) is 9.96. The zero-order chi connectivity index (χ0) is 14.1. The number of halogens is 1. The summed E-state index contributed by atoms with van der Waals surface area (Å²) < 4.78 is 18.2. The van der Waals surface area contributed by atoms with Gasteiger partial charge in [-0.05, 0) is 25.8 Å². The van der Waals surface area contributed by atoms with Crippen molar-refractivity contribution in [2.75, 3.05) is 46.4 Å². The van der Waals surface area contributed by atoms with Gasteiger partial charge < -0.3 is 9.84 Å². The first-order valence-corrected chi connectivity index (χ1v) is 6.85. The fourth-order valence-corrected chi connectivity index (χ4v) is 3.44. The van der Waals surface area contributed by atoms with E-state index in [0.717, 1.165) is 38.0 Å². The summed E-state index contributed by atoms with van der Waals surface area (Å²) in [6.07, 6.45) is 1.47. The molecule has 2 aliphatic rings. The molecule has 2 aliphatic heterocycles. The fraction of sp³-hybridized carbons (Fsp3) is 0.857. The molecule has 2 saturated heterocycles. The zero-order valence-electron chi connectivity index (χ0n) is 12.2. The van der Waals surface area contributed by atoms with Gasteiger partial charge in [-0.1, -0.05) is 0 Å². The molecule has 0 aromatic heterocycles. The summed E-state index contributed by atoms with van der Waals surface area (Å²) in [4.78, 5) is 4.58. The lowest BCUT2D eigenvalue weighted by molar-refractivity contribution is -0.0484. The summed E-state index contributed by atoms with van der Waals surface area (Å²) in [5.41, 5.74) is 0.0198. The van der Waals surface area contributed by atoms with Crippen LogP contribution in [0.5, 0.6) is 0 Å². The van der Waals surface area contributed by atoms with Gasteiger partial charge in [-0.15, -0.1) is 0 Å². The Labute approximate surface area is 114 Å². The van der Waals surface area contributed by atoms with E-state index in [1.165, 1.54) is 0 Å². The molecule has 1 N–H and O–H groups in total. The van der Waals surface area contributed by atoms with Crippen LogP contribution in [0.1, 0.15) is 20.3 Å². The lowest BCUT2D eigenvalue weighted by atomic mass is 9.92. The maximum absolute atomic E-state index is 12.8. The average Bonchev–Trinajstić information content (AvgIpc) is 2.65. The molecule has 1 atom stereocenters. The van der Waals surface area contributed by atoms with Gasteiger partial charge in [0.2, 0.25) is 0 Å². The van der Waals surface area contributed by atoms with E-state index >= 15 is 0 Å². The molecule has 5 heteroatoms. The van der Waals surface area contributed by atoms with E-state index in [4.69, 9.17) is 4.74 Å². The van der Waals surface area contributed by atoms with Gasteiger partial charge in [0.15, 0.2) is 0 Å².